The number of rotatable bonds is 7. The number of benzene rings is 6. The van der Waals surface area contributed by atoms with Gasteiger partial charge in [0.2, 0.25) is 0 Å². The summed E-state index contributed by atoms with van der Waals surface area (Å²) >= 11 is 0. The number of aromatic nitrogens is 1. The molecule has 0 spiro atoms. The van der Waals surface area contributed by atoms with E-state index in [9.17, 15) is 0 Å². The Bertz CT molecular complexity index is 2130. The summed E-state index contributed by atoms with van der Waals surface area (Å²) in [6, 6.07) is 48.1. The maximum atomic E-state index is 3.58. The molecule has 0 atom stereocenters. The van der Waals surface area contributed by atoms with E-state index < -0.39 is 0 Å². The minimum atomic E-state index is 0.910. The molecule has 6 aromatic carbocycles. The molecular weight excluding hydrogens is 544 g/mol. The van der Waals surface area contributed by atoms with Crippen molar-refractivity contribution in [1.82, 2.24) is 4.57 Å². The van der Waals surface area contributed by atoms with Crippen molar-refractivity contribution in [3.63, 3.8) is 0 Å². The summed E-state index contributed by atoms with van der Waals surface area (Å²) in [5.74, 6) is 0. The van der Waals surface area contributed by atoms with Gasteiger partial charge in [-0.05, 0) is 84.1 Å². The maximum absolute atomic E-state index is 3.58. The molecule has 0 aliphatic heterocycles. The fraction of sp³-hybridized carbons (Fsp3) is 0.116. The maximum Gasteiger partial charge on any atom is 0.0569 e. The minimum Gasteiger partial charge on any atom is -0.356 e. The lowest BCUT2D eigenvalue weighted by molar-refractivity contribution is 1.15. The van der Waals surface area contributed by atoms with E-state index in [0.29, 0.717) is 0 Å². The highest BCUT2D eigenvalue weighted by molar-refractivity contribution is 6.14. The molecule has 7 rings (SSSR count). The normalized spacial score (nSPS) is 11.7. The number of aryl methyl sites for hydroxylation is 1. The molecule has 7 aromatic rings. The summed E-state index contributed by atoms with van der Waals surface area (Å²) in [7, 11) is 0. The Morgan fingerprint density at radius 2 is 1.36 bits per heavy atom. The van der Waals surface area contributed by atoms with Gasteiger partial charge in [-0.3, -0.25) is 0 Å². The number of nitrogens with zero attached hydrogens (tertiary/aromatic N) is 1. The molecule has 1 aromatic heterocycles. The zero-order valence-electron chi connectivity index (χ0n) is 26.6. The molecule has 222 valence electrons. The van der Waals surface area contributed by atoms with Crippen molar-refractivity contribution in [1.29, 1.82) is 0 Å². The lowest BCUT2D eigenvalue weighted by atomic mass is 9.99. The van der Waals surface area contributed by atoms with E-state index in [2.05, 4.69) is 175 Å². The van der Waals surface area contributed by atoms with Crippen molar-refractivity contribution in [3.8, 4) is 16.8 Å². The number of allylic oxidation sites excluding steroid dienone is 3. The van der Waals surface area contributed by atoms with Crippen molar-refractivity contribution in [2.75, 3.05) is 5.32 Å². The van der Waals surface area contributed by atoms with Crippen LogP contribution in [0.1, 0.15) is 31.9 Å². The lowest BCUT2D eigenvalue weighted by Gasteiger charge is -2.17. The van der Waals surface area contributed by atoms with Gasteiger partial charge in [-0.25, -0.2) is 0 Å². The van der Waals surface area contributed by atoms with Crippen LogP contribution in [0.15, 0.2) is 157 Å². The minimum absolute atomic E-state index is 0.910. The molecule has 0 bridgehead atoms. The lowest BCUT2D eigenvalue weighted by Crippen LogP contribution is -2.01. The monoisotopic (exact) mass is 584 g/mol. The molecular formula is C43H40N2. The molecule has 0 amide bonds. The van der Waals surface area contributed by atoms with Gasteiger partial charge in [-0.2, -0.15) is 0 Å². The van der Waals surface area contributed by atoms with Crippen molar-refractivity contribution in [2.45, 2.75) is 34.1 Å². The molecule has 1 N–H and O–H groups in total. The standard InChI is InChI=1S/C41H34N2.C2H6/c1-3-34(19-12-16-30-14-5-4-6-15-30)42-35-25-23-31(24-26-35)36-21-11-13-29(2)41(36)43-39-22-10-9-20-37(39)38-27-32-17-7-8-18-33(32)28-40(38)43;1-2/h3-15,17-28,42H,16H2,1-2H3;1-2H3/b19-12-,34-3+;. The van der Waals surface area contributed by atoms with Gasteiger partial charge in [0.05, 0.1) is 16.7 Å². The number of hydrogen-bond acceptors (Lipinski definition) is 1. The van der Waals surface area contributed by atoms with Crippen LogP contribution in [0, 0.1) is 6.92 Å². The van der Waals surface area contributed by atoms with Crippen molar-refractivity contribution < 1.29 is 0 Å². The Hall–Kier alpha value is -5.34. The van der Waals surface area contributed by atoms with Gasteiger partial charge < -0.3 is 9.88 Å². The molecule has 2 heteroatoms. The third-order valence-corrected chi connectivity index (χ3v) is 8.29. The second kappa shape index (κ2) is 13.5. The largest absolute Gasteiger partial charge is 0.356 e. The average molecular weight is 585 g/mol. The van der Waals surface area contributed by atoms with Gasteiger partial charge in [0.25, 0.3) is 0 Å². The summed E-state index contributed by atoms with van der Waals surface area (Å²) in [5, 5.41) is 8.65. The highest BCUT2D eigenvalue weighted by atomic mass is 15.0. The van der Waals surface area contributed by atoms with E-state index in [1.165, 1.54) is 60.5 Å². The number of fused-ring (bicyclic) bond motifs is 4. The van der Waals surface area contributed by atoms with Crippen LogP contribution in [-0.2, 0) is 6.42 Å². The molecule has 0 aliphatic rings. The number of nitrogens with one attached hydrogen (secondary N) is 1. The molecule has 1 heterocycles. The van der Waals surface area contributed by atoms with Crippen LogP contribution < -0.4 is 5.32 Å². The van der Waals surface area contributed by atoms with E-state index in [-0.39, 0.29) is 0 Å². The van der Waals surface area contributed by atoms with Crippen LogP contribution in [0.2, 0.25) is 0 Å². The van der Waals surface area contributed by atoms with E-state index in [1.807, 2.05) is 13.8 Å². The molecule has 0 unspecified atom stereocenters. The number of para-hydroxylation sites is 2. The first-order valence-electron chi connectivity index (χ1n) is 16.0. The van der Waals surface area contributed by atoms with Crippen molar-refractivity contribution in [2.24, 2.45) is 0 Å². The Kier molecular flexibility index (Phi) is 8.94. The van der Waals surface area contributed by atoms with Gasteiger partial charge in [-0.15, -0.1) is 0 Å². The van der Waals surface area contributed by atoms with Crippen LogP contribution in [-0.4, -0.2) is 4.57 Å². The third kappa shape index (κ3) is 6.05. The average Bonchev–Trinajstić information content (AvgIpc) is 3.41. The van der Waals surface area contributed by atoms with Crippen LogP contribution in [0.3, 0.4) is 0 Å². The van der Waals surface area contributed by atoms with E-state index in [0.717, 1.165) is 17.8 Å². The Labute approximate surface area is 267 Å². The summed E-state index contributed by atoms with van der Waals surface area (Å²) in [6.45, 7) is 8.29. The van der Waals surface area contributed by atoms with Crippen LogP contribution in [0.4, 0.5) is 5.69 Å². The summed E-state index contributed by atoms with van der Waals surface area (Å²) in [5.41, 5.74) is 10.8. The molecule has 0 aliphatic carbocycles. The number of hydrogen-bond donors (Lipinski definition) is 1. The highest BCUT2D eigenvalue weighted by Gasteiger charge is 2.18. The first-order chi connectivity index (χ1) is 22.2. The van der Waals surface area contributed by atoms with E-state index >= 15 is 0 Å². The quantitative estimate of drug-likeness (QED) is 0.184. The van der Waals surface area contributed by atoms with E-state index in [4.69, 9.17) is 0 Å². The smallest absolute Gasteiger partial charge is 0.0569 e. The van der Waals surface area contributed by atoms with Crippen molar-refractivity contribution >= 4 is 38.3 Å². The highest BCUT2D eigenvalue weighted by Crippen LogP contribution is 2.39. The first-order valence-corrected chi connectivity index (χ1v) is 16.0. The topological polar surface area (TPSA) is 17.0 Å². The molecule has 45 heavy (non-hydrogen) atoms. The Morgan fingerprint density at radius 3 is 2.11 bits per heavy atom. The summed E-state index contributed by atoms with van der Waals surface area (Å²) < 4.78 is 2.46. The van der Waals surface area contributed by atoms with E-state index in [1.54, 1.807) is 0 Å². The second-order valence-electron chi connectivity index (χ2n) is 11.1. The summed E-state index contributed by atoms with van der Waals surface area (Å²) in [6.07, 6.45) is 7.39. The zero-order valence-corrected chi connectivity index (χ0v) is 26.6. The van der Waals surface area contributed by atoms with Crippen LogP contribution in [0.5, 0.6) is 0 Å². The van der Waals surface area contributed by atoms with Crippen LogP contribution >= 0.6 is 0 Å². The first kappa shape index (κ1) is 29.7. The molecule has 0 fully saturated rings. The zero-order chi connectivity index (χ0) is 31.2. The predicted molar refractivity (Wildman–Crippen MR) is 196 cm³/mol. The van der Waals surface area contributed by atoms with Gasteiger partial charge in [-0.1, -0.05) is 129 Å². The second-order valence-corrected chi connectivity index (χ2v) is 11.1. The fourth-order valence-corrected chi connectivity index (χ4v) is 6.13. The molecule has 0 saturated heterocycles. The van der Waals surface area contributed by atoms with Gasteiger partial charge in [0.15, 0.2) is 0 Å². The molecule has 0 radical (unpaired) electrons. The van der Waals surface area contributed by atoms with Crippen LogP contribution in [0.25, 0.3) is 49.4 Å². The summed E-state index contributed by atoms with van der Waals surface area (Å²) in [4.78, 5) is 0. The number of anilines is 1. The van der Waals surface area contributed by atoms with Crippen molar-refractivity contribution in [3.05, 3.63) is 169 Å². The predicted octanol–water partition coefficient (Wildman–Crippen LogP) is 12.1. The Balaban J connectivity index is 0.00000175. The molecule has 2 nitrogen and oxygen atoms in total. The van der Waals surface area contributed by atoms with Gasteiger partial charge in [0, 0.05) is 27.7 Å². The Morgan fingerprint density at radius 1 is 0.667 bits per heavy atom. The van der Waals surface area contributed by atoms with Gasteiger partial charge in [0.1, 0.15) is 0 Å². The molecule has 0 saturated carbocycles. The van der Waals surface area contributed by atoms with Gasteiger partial charge >= 0.3 is 0 Å². The SMILES string of the molecule is C/C=C(\C=C/Cc1ccccc1)Nc1ccc(-c2cccc(C)c2-n2c3ccccc3c3cc4ccccc4cc32)cc1.CC. The fourth-order valence-electron chi connectivity index (χ4n) is 6.13. The third-order valence-electron chi connectivity index (χ3n) is 8.29.